The minimum atomic E-state index is 0.173. The Bertz CT molecular complexity index is 161. The first-order valence-corrected chi connectivity index (χ1v) is 4.88. The Hall–Kier alpha value is -0.120. The van der Waals surface area contributed by atoms with Crippen LogP contribution in [0.2, 0.25) is 0 Å². The van der Waals surface area contributed by atoms with Gasteiger partial charge in [0.25, 0.3) is 0 Å². The maximum atomic E-state index is 5.80. The van der Waals surface area contributed by atoms with E-state index in [1.54, 1.807) is 0 Å². The van der Waals surface area contributed by atoms with Crippen LogP contribution in [0.15, 0.2) is 0 Å². The van der Waals surface area contributed by atoms with E-state index in [-0.39, 0.29) is 12.1 Å². The van der Waals surface area contributed by atoms with Crippen LogP contribution in [0.1, 0.15) is 19.8 Å². The van der Waals surface area contributed by atoms with Gasteiger partial charge in [0.05, 0.1) is 12.7 Å². The molecule has 0 aromatic rings. The summed E-state index contributed by atoms with van der Waals surface area (Å²) in [7, 11) is 0. The molecule has 0 saturated carbocycles. The van der Waals surface area contributed by atoms with Crippen molar-refractivity contribution < 1.29 is 4.74 Å². The largest absolute Gasteiger partial charge is 0.374 e. The highest BCUT2D eigenvalue weighted by molar-refractivity contribution is 4.87. The predicted molar refractivity (Wildman–Crippen MR) is 48.0 cm³/mol. The SMILES string of the molecule is C[C@@H](N)C1CN2CCCC2CO1. The Morgan fingerprint density at radius 3 is 3.17 bits per heavy atom. The summed E-state index contributed by atoms with van der Waals surface area (Å²) in [5.41, 5.74) is 5.80. The molecule has 2 rings (SSSR count). The highest BCUT2D eigenvalue weighted by Crippen LogP contribution is 2.23. The van der Waals surface area contributed by atoms with Gasteiger partial charge in [-0.25, -0.2) is 0 Å². The van der Waals surface area contributed by atoms with Gasteiger partial charge in [-0.05, 0) is 26.3 Å². The third kappa shape index (κ3) is 1.49. The Morgan fingerprint density at radius 1 is 1.58 bits per heavy atom. The molecule has 0 spiro atoms. The fraction of sp³-hybridized carbons (Fsp3) is 1.00. The fourth-order valence-electron chi connectivity index (χ4n) is 2.16. The van der Waals surface area contributed by atoms with Crippen molar-refractivity contribution in [1.82, 2.24) is 4.90 Å². The Labute approximate surface area is 73.9 Å². The second kappa shape index (κ2) is 3.32. The zero-order chi connectivity index (χ0) is 8.55. The van der Waals surface area contributed by atoms with E-state index in [9.17, 15) is 0 Å². The van der Waals surface area contributed by atoms with Crippen molar-refractivity contribution in [2.75, 3.05) is 19.7 Å². The maximum Gasteiger partial charge on any atom is 0.0850 e. The highest BCUT2D eigenvalue weighted by Gasteiger charge is 2.33. The monoisotopic (exact) mass is 170 g/mol. The molecule has 70 valence electrons. The van der Waals surface area contributed by atoms with Gasteiger partial charge in [0.2, 0.25) is 0 Å². The van der Waals surface area contributed by atoms with Crippen LogP contribution in [-0.4, -0.2) is 42.8 Å². The van der Waals surface area contributed by atoms with Crippen molar-refractivity contribution in [3.8, 4) is 0 Å². The maximum absolute atomic E-state index is 5.80. The lowest BCUT2D eigenvalue weighted by atomic mass is 10.1. The Morgan fingerprint density at radius 2 is 2.42 bits per heavy atom. The van der Waals surface area contributed by atoms with Crippen LogP contribution in [0, 0.1) is 0 Å². The first kappa shape index (κ1) is 8.48. The van der Waals surface area contributed by atoms with E-state index in [4.69, 9.17) is 10.5 Å². The third-order valence-corrected chi connectivity index (χ3v) is 3.00. The number of hydrogen-bond donors (Lipinski definition) is 1. The molecule has 0 aromatic carbocycles. The summed E-state index contributed by atoms with van der Waals surface area (Å²) in [5, 5.41) is 0. The van der Waals surface area contributed by atoms with Gasteiger partial charge < -0.3 is 10.5 Å². The molecule has 12 heavy (non-hydrogen) atoms. The minimum Gasteiger partial charge on any atom is -0.374 e. The quantitative estimate of drug-likeness (QED) is 0.611. The van der Waals surface area contributed by atoms with E-state index in [0.29, 0.717) is 6.04 Å². The topological polar surface area (TPSA) is 38.5 Å². The molecule has 0 radical (unpaired) electrons. The lowest BCUT2D eigenvalue weighted by molar-refractivity contribution is -0.0566. The van der Waals surface area contributed by atoms with E-state index in [1.807, 2.05) is 6.92 Å². The summed E-state index contributed by atoms with van der Waals surface area (Å²) in [4.78, 5) is 2.53. The smallest absolute Gasteiger partial charge is 0.0850 e. The summed E-state index contributed by atoms with van der Waals surface area (Å²) in [5.74, 6) is 0. The van der Waals surface area contributed by atoms with Crippen LogP contribution in [0.4, 0.5) is 0 Å². The number of nitrogens with zero attached hydrogens (tertiary/aromatic N) is 1. The van der Waals surface area contributed by atoms with Crippen molar-refractivity contribution in [2.45, 2.75) is 38.0 Å². The highest BCUT2D eigenvalue weighted by atomic mass is 16.5. The molecule has 3 nitrogen and oxygen atoms in total. The van der Waals surface area contributed by atoms with Crippen molar-refractivity contribution >= 4 is 0 Å². The number of morpholine rings is 1. The average Bonchev–Trinajstić information content (AvgIpc) is 2.49. The van der Waals surface area contributed by atoms with Crippen LogP contribution >= 0.6 is 0 Å². The second-order valence-electron chi connectivity index (χ2n) is 4.02. The van der Waals surface area contributed by atoms with Crippen molar-refractivity contribution in [2.24, 2.45) is 5.73 Å². The molecule has 2 aliphatic heterocycles. The molecule has 0 amide bonds. The van der Waals surface area contributed by atoms with Gasteiger partial charge in [-0.1, -0.05) is 0 Å². The van der Waals surface area contributed by atoms with Gasteiger partial charge in [-0.3, -0.25) is 4.90 Å². The third-order valence-electron chi connectivity index (χ3n) is 3.00. The molecule has 0 aliphatic carbocycles. The molecular weight excluding hydrogens is 152 g/mol. The zero-order valence-corrected chi connectivity index (χ0v) is 7.70. The van der Waals surface area contributed by atoms with E-state index in [0.717, 1.165) is 13.2 Å². The van der Waals surface area contributed by atoms with Gasteiger partial charge in [-0.2, -0.15) is 0 Å². The molecule has 3 atom stereocenters. The molecule has 2 heterocycles. The fourth-order valence-corrected chi connectivity index (χ4v) is 2.16. The van der Waals surface area contributed by atoms with Crippen molar-refractivity contribution in [1.29, 1.82) is 0 Å². The number of rotatable bonds is 1. The molecule has 2 N–H and O–H groups in total. The molecule has 0 aromatic heterocycles. The number of ether oxygens (including phenoxy) is 1. The predicted octanol–water partition coefficient (Wildman–Crippen LogP) is 0.197. The van der Waals surface area contributed by atoms with Crippen LogP contribution in [-0.2, 0) is 4.74 Å². The van der Waals surface area contributed by atoms with Gasteiger partial charge >= 0.3 is 0 Å². The van der Waals surface area contributed by atoms with E-state index in [1.165, 1.54) is 19.4 Å². The summed E-state index contributed by atoms with van der Waals surface area (Å²) in [6.07, 6.45) is 2.91. The standard InChI is InChI=1S/C9H18N2O/c1-7(10)9-5-11-4-2-3-8(11)6-12-9/h7-9H,2-6,10H2,1H3/t7-,8?,9?/m1/s1. The van der Waals surface area contributed by atoms with Gasteiger partial charge in [-0.15, -0.1) is 0 Å². The molecule has 0 bridgehead atoms. The van der Waals surface area contributed by atoms with Gasteiger partial charge in [0.15, 0.2) is 0 Å². The van der Waals surface area contributed by atoms with Crippen molar-refractivity contribution in [3.63, 3.8) is 0 Å². The summed E-state index contributed by atoms with van der Waals surface area (Å²) >= 11 is 0. The minimum absolute atomic E-state index is 0.173. The van der Waals surface area contributed by atoms with Gasteiger partial charge in [0.1, 0.15) is 0 Å². The Kier molecular flexibility index (Phi) is 2.35. The molecule has 2 unspecified atom stereocenters. The zero-order valence-electron chi connectivity index (χ0n) is 7.70. The summed E-state index contributed by atoms with van der Waals surface area (Å²) < 4.78 is 5.69. The van der Waals surface area contributed by atoms with E-state index < -0.39 is 0 Å². The average molecular weight is 170 g/mol. The van der Waals surface area contributed by atoms with E-state index in [2.05, 4.69) is 4.90 Å². The number of hydrogen-bond acceptors (Lipinski definition) is 3. The summed E-state index contributed by atoms with van der Waals surface area (Å²) in [6.45, 7) is 5.22. The molecule has 2 aliphatic rings. The second-order valence-corrected chi connectivity index (χ2v) is 4.02. The molecule has 3 heteroatoms. The first-order valence-electron chi connectivity index (χ1n) is 4.88. The van der Waals surface area contributed by atoms with Crippen LogP contribution in [0.5, 0.6) is 0 Å². The number of fused-ring (bicyclic) bond motifs is 1. The molecule has 2 fully saturated rings. The Balaban J connectivity index is 1.92. The normalized spacial score (nSPS) is 39.5. The summed E-state index contributed by atoms with van der Waals surface area (Å²) in [6, 6.07) is 0.867. The first-order chi connectivity index (χ1) is 5.77. The van der Waals surface area contributed by atoms with Crippen molar-refractivity contribution in [3.05, 3.63) is 0 Å². The van der Waals surface area contributed by atoms with E-state index >= 15 is 0 Å². The molecule has 2 saturated heterocycles. The van der Waals surface area contributed by atoms with Crippen LogP contribution < -0.4 is 5.73 Å². The lowest BCUT2D eigenvalue weighted by Gasteiger charge is -2.36. The molecular formula is C9H18N2O. The van der Waals surface area contributed by atoms with Crippen LogP contribution in [0.3, 0.4) is 0 Å². The van der Waals surface area contributed by atoms with Gasteiger partial charge in [0, 0.05) is 18.6 Å². The van der Waals surface area contributed by atoms with Crippen LogP contribution in [0.25, 0.3) is 0 Å². The lowest BCUT2D eigenvalue weighted by Crippen LogP contribution is -2.51. The number of nitrogens with two attached hydrogens (primary N) is 1.